The van der Waals surface area contributed by atoms with Gasteiger partial charge in [0.25, 0.3) is 0 Å². The van der Waals surface area contributed by atoms with Crippen LogP contribution in [-0.4, -0.2) is 24.7 Å². The second kappa shape index (κ2) is 6.43. The van der Waals surface area contributed by atoms with Gasteiger partial charge in [-0.2, -0.15) is 0 Å². The van der Waals surface area contributed by atoms with Gasteiger partial charge < -0.3 is 10.1 Å². The minimum Gasteiger partial charge on any atom is -0.383 e. The summed E-state index contributed by atoms with van der Waals surface area (Å²) in [7, 11) is 0. The van der Waals surface area contributed by atoms with Crippen LogP contribution in [0.2, 0.25) is 5.15 Å². The van der Waals surface area contributed by atoms with Crippen LogP contribution in [-0.2, 0) is 4.74 Å². The van der Waals surface area contributed by atoms with Gasteiger partial charge in [0.1, 0.15) is 5.15 Å². The molecule has 1 aromatic heterocycles. The third-order valence-electron chi connectivity index (χ3n) is 1.65. The van der Waals surface area contributed by atoms with E-state index < -0.39 is 0 Å². The first-order valence-electron chi connectivity index (χ1n) is 4.76. The minimum absolute atomic E-state index is 0.489. The van der Waals surface area contributed by atoms with Crippen LogP contribution in [0.1, 0.15) is 6.92 Å². The molecule has 1 aromatic rings. The maximum absolute atomic E-state index is 5.73. The average molecular weight is 227 g/mol. The molecule has 0 aromatic carbocycles. The van der Waals surface area contributed by atoms with Crippen molar-refractivity contribution in [2.24, 2.45) is 0 Å². The number of rotatable bonds is 6. The van der Waals surface area contributed by atoms with Gasteiger partial charge in [0.2, 0.25) is 0 Å². The molecular formula is C11H15ClN2O. The predicted molar refractivity (Wildman–Crippen MR) is 63.4 cm³/mol. The van der Waals surface area contributed by atoms with Gasteiger partial charge in [-0.15, -0.1) is 0 Å². The zero-order valence-electron chi connectivity index (χ0n) is 8.79. The number of aromatic nitrogens is 1. The molecule has 0 aliphatic carbocycles. The molecule has 1 heterocycles. The zero-order valence-corrected chi connectivity index (χ0v) is 9.55. The van der Waals surface area contributed by atoms with Gasteiger partial charge >= 0.3 is 0 Å². The Morgan fingerprint density at radius 1 is 1.67 bits per heavy atom. The van der Waals surface area contributed by atoms with Gasteiger partial charge in [-0.05, 0) is 19.1 Å². The first-order chi connectivity index (χ1) is 7.18. The predicted octanol–water partition coefficient (Wildman–Crippen LogP) is 2.74. The summed E-state index contributed by atoms with van der Waals surface area (Å²) in [6, 6.07) is 3.64. The summed E-state index contributed by atoms with van der Waals surface area (Å²) in [5.74, 6) is 0. The van der Waals surface area contributed by atoms with Crippen LogP contribution in [0.25, 0.3) is 0 Å². The van der Waals surface area contributed by atoms with Crippen molar-refractivity contribution < 1.29 is 4.74 Å². The Hall–Kier alpha value is -1.06. The Morgan fingerprint density at radius 3 is 3.13 bits per heavy atom. The molecule has 4 heteroatoms. The Balaban J connectivity index is 2.17. The molecule has 0 aliphatic heterocycles. The van der Waals surface area contributed by atoms with E-state index in [9.17, 15) is 0 Å². The summed E-state index contributed by atoms with van der Waals surface area (Å²) in [6.45, 7) is 7.69. The number of anilines is 1. The molecule has 1 N–H and O–H groups in total. The Kier molecular flexibility index (Phi) is 5.15. The van der Waals surface area contributed by atoms with E-state index in [1.807, 2.05) is 13.0 Å². The standard InChI is InChI=1S/C11H15ClN2O/c1-9(2)8-15-6-5-13-10-3-4-14-11(12)7-10/h3-4,7H,1,5-6,8H2,2H3,(H,13,14). The second-order valence-corrected chi connectivity index (χ2v) is 3.69. The smallest absolute Gasteiger partial charge is 0.131 e. The molecule has 3 nitrogen and oxygen atoms in total. The summed E-state index contributed by atoms with van der Waals surface area (Å²) < 4.78 is 5.34. The second-order valence-electron chi connectivity index (χ2n) is 3.30. The van der Waals surface area contributed by atoms with E-state index in [0.29, 0.717) is 18.4 Å². The molecular weight excluding hydrogens is 212 g/mol. The quantitative estimate of drug-likeness (QED) is 0.460. The monoisotopic (exact) mass is 226 g/mol. The number of ether oxygens (including phenoxy) is 1. The van der Waals surface area contributed by atoms with Crippen molar-refractivity contribution in [2.45, 2.75) is 6.92 Å². The Morgan fingerprint density at radius 2 is 2.47 bits per heavy atom. The summed E-state index contributed by atoms with van der Waals surface area (Å²) in [6.07, 6.45) is 1.67. The van der Waals surface area contributed by atoms with E-state index in [1.54, 1.807) is 12.3 Å². The van der Waals surface area contributed by atoms with E-state index in [4.69, 9.17) is 16.3 Å². The molecule has 82 valence electrons. The van der Waals surface area contributed by atoms with Crippen LogP contribution in [0.5, 0.6) is 0 Å². The molecule has 15 heavy (non-hydrogen) atoms. The fourth-order valence-electron chi connectivity index (χ4n) is 1.03. The normalized spacial score (nSPS) is 10.0. The van der Waals surface area contributed by atoms with Crippen molar-refractivity contribution >= 4 is 17.3 Å². The highest BCUT2D eigenvalue weighted by molar-refractivity contribution is 6.29. The van der Waals surface area contributed by atoms with Gasteiger partial charge in [-0.1, -0.05) is 23.8 Å². The van der Waals surface area contributed by atoms with Crippen LogP contribution in [0.4, 0.5) is 5.69 Å². The largest absolute Gasteiger partial charge is 0.383 e. The van der Waals surface area contributed by atoms with Crippen molar-refractivity contribution in [1.82, 2.24) is 4.98 Å². The lowest BCUT2D eigenvalue weighted by atomic mass is 10.4. The van der Waals surface area contributed by atoms with Gasteiger partial charge in [0.15, 0.2) is 0 Å². The SMILES string of the molecule is C=C(C)COCCNc1ccnc(Cl)c1. The van der Waals surface area contributed by atoms with Crippen LogP contribution in [0, 0.1) is 0 Å². The average Bonchev–Trinajstić information content (AvgIpc) is 2.17. The lowest BCUT2D eigenvalue weighted by Crippen LogP contribution is -2.10. The molecule has 0 saturated heterocycles. The molecule has 0 aliphatic rings. The van der Waals surface area contributed by atoms with Crippen LogP contribution in [0.3, 0.4) is 0 Å². The van der Waals surface area contributed by atoms with Crippen molar-refractivity contribution in [3.05, 3.63) is 35.6 Å². The number of hydrogen-bond acceptors (Lipinski definition) is 3. The van der Waals surface area contributed by atoms with E-state index in [2.05, 4.69) is 16.9 Å². The van der Waals surface area contributed by atoms with Crippen molar-refractivity contribution in [2.75, 3.05) is 25.1 Å². The summed E-state index contributed by atoms with van der Waals surface area (Å²) in [4.78, 5) is 3.89. The fourth-order valence-corrected chi connectivity index (χ4v) is 1.20. The van der Waals surface area contributed by atoms with E-state index in [1.165, 1.54) is 0 Å². The number of hydrogen-bond donors (Lipinski definition) is 1. The Bertz CT molecular complexity index is 328. The molecule has 0 fully saturated rings. The first kappa shape index (κ1) is 12.0. The van der Waals surface area contributed by atoms with Gasteiger partial charge in [-0.3, -0.25) is 0 Å². The highest BCUT2D eigenvalue weighted by atomic mass is 35.5. The number of nitrogens with zero attached hydrogens (tertiary/aromatic N) is 1. The van der Waals surface area contributed by atoms with Gasteiger partial charge in [-0.25, -0.2) is 4.98 Å². The van der Waals surface area contributed by atoms with Gasteiger partial charge in [0.05, 0.1) is 13.2 Å². The molecule has 0 unspecified atom stereocenters. The molecule has 1 rings (SSSR count). The highest BCUT2D eigenvalue weighted by Gasteiger charge is 1.93. The number of halogens is 1. The maximum Gasteiger partial charge on any atom is 0.131 e. The van der Waals surface area contributed by atoms with E-state index in [-0.39, 0.29) is 0 Å². The topological polar surface area (TPSA) is 34.1 Å². The third-order valence-corrected chi connectivity index (χ3v) is 1.86. The molecule has 0 radical (unpaired) electrons. The highest BCUT2D eigenvalue weighted by Crippen LogP contribution is 2.11. The molecule has 0 spiro atoms. The lowest BCUT2D eigenvalue weighted by molar-refractivity contribution is 0.167. The van der Waals surface area contributed by atoms with Crippen LogP contribution in [0.15, 0.2) is 30.5 Å². The number of pyridine rings is 1. The third kappa shape index (κ3) is 5.40. The van der Waals surface area contributed by atoms with Gasteiger partial charge in [0, 0.05) is 18.4 Å². The lowest BCUT2D eigenvalue weighted by Gasteiger charge is -2.07. The minimum atomic E-state index is 0.489. The summed E-state index contributed by atoms with van der Waals surface area (Å²) in [5, 5.41) is 3.67. The van der Waals surface area contributed by atoms with Crippen molar-refractivity contribution in [3.8, 4) is 0 Å². The maximum atomic E-state index is 5.73. The molecule has 0 saturated carbocycles. The zero-order chi connectivity index (χ0) is 11.1. The van der Waals surface area contributed by atoms with Crippen molar-refractivity contribution in [1.29, 1.82) is 0 Å². The molecule has 0 atom stereocenters. The molecule has 0 bridgehead atoms. The van der Waals surface area contributed by atoms with Crippen molar-refractivity contribution in [3.63, 3.8) is 0 Å². The molecule has 0 amide bonds. The fraction of sp³-hybridized carbons (Fsp3) is 0.364. The van der Waals surface area contributed by atoms with E-state index in [0.717, 1.165) is 17.8 Å². The van der Waals surface area contributed by atoms with E-state index >= 15 is 0 Å². The van der Waals surface area contributed by atoms with Crippen LogP contribution < -0.4 is 5.32 Å². The first-order valence-corrected chi connectivity index (χ1v) is 5.14. The van der Waals surface area contributed by atoms with Crippen LogP contribution >= 0.6 is 11.6 Å². The number of nitrogens with one attached hydrogen (secondary N) is 1. The Labute approximate surface area is 95.1 Å². The summed E-state index contributed by atoms with van der Waals surface area (Å²) >= 11 is 5.73. The summed E-state index contributed by atoms with van der Waals surface area (Å²) in [5.41, 5.74) is 1.98.